The fourth-order valence-corrected chi connectivity index (χ4v) is 0.966. The van der Waals surface area contributed by atoms with Crippen LogP contribution >= 0.6 is 12.6 Å². The van der Waals surface area contributed by atoms with Gasteiger partial charge < -0.3 is 0 Å². The van der Waals surface area contributed by atoms with Crippen molar-refractivity contribution in [2.45, 2.75) is 13.3 Å². The van der Waals surface area contributed by atoms with Crippen molar-refractivity contribution in [3.05, 3.63) is 29.3 Å². The Kier molecular flexibility index (Phi) is 3.78. The molecule has 1 heterocycles. The summed E-state index contributed by atoms with van der Waals surface area (Å²) < 4.78 is 13.0. The molecule has 0 saturated heterocycles. The van der Waals surface area contributed by atoms with Crippen LogP contribution < -0.4 is 0 Å². The lowest BCUT2D eigenvalue weighted by Crippen LogP contribution is -1.89. The van der Waals surface area contributed by atoms with E-state index in [-0.39, 0.29) is 0 Å². The van der Waals surface area contributed by atoms with Gasteiger partial charge in [-0.15, -0.1) is 0 Å². The summed E-state index contributed by atoms with van der Waals surface area (Å²) in [5.74, 6) is 5.72. The average molecular weight is 195 g/mol. The van der Waals surface area contributed by atoms with E-state index in [0.29, 0.717) is 17.7 Å². The summed E-state index contributed by atoms with van der Waals surface area (Å²) in [6, 6.07) is 1.69. The molecule has 0 N–H and O–H groups in total. The molecule has 0 atom stereocenters. The van der Waals surface area contributed by atoms with Gasteiger partial charge in [0.25, 0.3) is 0 Å². The molecule has 13 heavy (non-hydrogen) atoms. The molecular weight excluding hydrogens is 185 g/mol. The predicted molar refractivity (Wildman–Crippen MR) is 54.3 cm³/mol. The van der Waals surface area contributed by atoms with E-state index in [1.807, 2.05) is 6.92 Å². The van der Waals surface area contributed by atoms with Crippen LogP contribution in [0.5, 0.6) is 0 Å². The SMILES string of the molecule is Cc1cnc(F)c(C#CCCS)c1. The molecule has 0 fully saturated rings. The summed E-state index contributed by atoms with van der Waals surface area (Å²) in [5.41, 5.74) is 1.28. The lowest BCUT2D eigenvalue weighted by atomic mass is 10.2. The van der Waals surface area contributed by atoms with Crippen molar-refractivity contribution in [2.24, 2.45) is 0 Å². The minimum atomic E-state index is -0.503. The number of pyridine rings is 1. The van der Waals surface area contributed by atoms with E-state index in [2.05, 4.69) is 29.5 Å². The summed E-state index contributed by atoms with van der Waals surface area (Å²) in [6.07, 6.45) is 2.15. The monoisotopic (exact) mass is 195 g/mol. The van der Waals surface area contributed by atoms with Crippen LogP contribution in [0.1, 0.15) is 17.5 Å². The third-order valence-corrected chi connectivity index (χ3v) is 1.66. The fraction of sp³-hybridized carbons (Fsp3) is 0.300. The molecule has 0 unspecified atom stereocenters. The highest BCUT2D eigenvalue weighted by atomic mass is 32.1. The van der Waals surface area contributed by atoms with Crippen molar-refractivity contribution >= 4 is 12.6 Å². The second-order valence-electron chi connectivity index (χ2n) is 2.63. The normalized spacial score (nSPS) is 9.15. The van der Waals surface area contributed by atoms with E-state index in [9.17, 15) is 4.39 Å². The van der Waals surface area contributed by atoms with Crippen LogP contribution in [0.15, 0.2) is 12.3 Å². The van der Waals surface area contributed by atoms with Gasteiger partial charge >= 0.3 is 0 Å². The maximum Gasteiger partial charge on any atom is 0.228 e. The average Bonchev–Trinajstić information content (AvgIpc) is 2.11. The van der Waals surface area contributed by atoms with Crippen molar-refractivity contribution in [1.29, 1.82) is 0 Å². The molecule has 3 heteroatoms. The number of hydrogen-bond donors (Lipinski definition) is 1. The maximum atomic E-state index is 13.0. The lowest BCUT2D eigenvalue weighted by Gasteiger charge is -1.94. The van der Waals surface area contributed by atoms with Gasteiger partial charge in [0.2, 0.25) is 5.95 Å². The highest BCUT2D eigenvalue weighted by Crippen LogP contribution is 2.04. The Labute approximate surface area is 82.8 Å². The van der Waals surface area contributed by atoms with Gasteiger partial charge in [0.05, 0.1) is 5.56 Å². The molecule has 0 radical (unpaired) electrons. The molecular formula is C10H10FNS. The zero-order chi connectivity index (χ0) is 9.68. The minimum absolute atomic E-state index is 0.363. The quantitative estimate of drug-likeness (QED) is 0.412. The Hall–Kier alpha value is -1.01. The molecule has 0 aliphatic rings. The van der Waals surface area contributed by atoms with E-state index >= 15 is 0 Å². The Bertz CT molecular complexity index is 352. The molecule has 1 rings (SSSR count). The summed E-state index contributed by atoms with van der Waals surface area (Å²) in [7, 11) is 0. The zero-order valence-corrected chi connectivity index (χ0v) is 8.24. The van der Waals surface area contributed by atoms with Crippen molar-refractivity contribution in [2.75, 3.05) is 5.75 Å². The van der Waals surface area contributed by atoms with Crippen LogP contribution in [-0.2, 0) is 0 Å². The second kappa shape index (κ2) is 4.88. The van der Waals surface area contributed by atoms with Gasteiger partial charge in [0.1, 0.15) is 0 Å². The highest BCUT2D eigenvalue weighted by molar-refractivity contribution is 7.80. The Morgan fingerprint density at radius 2 is 2.38 bits per heavy atom. The standard InChI is InChI=1S/C10H10FNS/c1-8-6-9(4-2-3-5-13)10(11)12-7-8/h6-7,13H,3,5H2,1H3. The van der Waals surface area contributed by atoms with Crippen molar-refractivity contribution in [1.82, 2.24) is 4.98 Å². The number of halogens is 1. The predicted octanol–water partition coefficient (Wildman–Crippen LogP) is 2.20. The van der Waals surface area contributed by atoms with Gasteiger partial charge in [0.15, 0.2) is 0 Å². The molecule has 1 nitrogen and oxygen atoms in total. The molecule has 0 amide bonds. The molecule has 1 aromatic heterocycles. The third kappa shape index (κ3) is 3.08. The summed E-state index contributed by atoms with van der Waals surface area (Å²) in [6.45, 7) is 1.86. The van der Waals surface area contributed by atoms with Gasteiger partial charge in [-0.1, -0.05) is 11.8 Å². The van der Waals surface area contributed by atoms with E-state index < -0.39 is 5.95 Å². The number of aryl methyl sites for hydroxylation is 1. The minimum Gasteiger partial charge on any atom is -0.227 e. The molecule has 0 saturated carbocycles. The van der Waals surface area contributed by atoms with Crippen molar-refractivity contribution in [3.63, 3.8) is 0 Å². The van der Waals surface area contributed by atoms with E-state index in [1.54, 1.807) is 6.07 Å². The first kappa shape index (κ1) is 10.1. The zero-order valence-electron chi connectivity index (χ0n) is 7.34. The Morgan fingerprint density at radius 3 is 3.08 bits per heavy atom. The van der Waals surface area contributed by atoms with Crippen LogP contribution in [0.4, 0.5) is 4.39 Å². The molecule has 0 aliphatic heterocycles. The van der Waals surface area contributed by atoms with Gasteiger partial charge in [-0.25, -0.2) is 4.98 Å². The first-order chi connectivity index (χ1) is 6.24. The smallest absolute Gasteiger partial charge is 0.227 e. The van der Waals surface area contributed by atoms with Crippen molar-refractivity contribution < 1.29 is 4.39 Å². The summed E-state index contributed by atoms with van der Waals surface area (Å²) in [4.78, 5) is 3.57. The number of nitrogens with zero attached hydrogens (tertiary/aromatic N) is 1. The molecule has 1 aromatic rings. The first-order valence-electron chi connectivity index (χ1n) is 3.96. The molecule has 68 valence electrons. The largest absolute Gasteiger partial charge is 0.228 e. The fourth-order valence-electron chi connectivity index (χ4n) is 0.854. The van der Waals surface area contributed by atoms with Gasteiger partial charge in [-0.05, 0) is 18.6 Å². The van der Waals surface area contributed by atoms with Gasteiger partial charge in [-0.3, -0.25) is 0 Å². The lowest BCUT2D eigenvalue weighted by molar-refractivity contribution is 0.579. The number of rotatable bonds is 1. The maximum absolute atomic E-state index is 13.0. The van der Waals surface area contributed by atoms with E-state index in [4.69, 9.17) is 0 Å². The summed E-state index contributed by atoms with van der Waals surface area (Å²) >= 11 is 4.00. The molecule has 0 bridgehead atoms. The second-order valence-corrected chi connectivity index (χ2v) is 3.07. The summed E-state index contributed by atoms with van der Waals surface area (Å²) in [5, 5.41) is 0. The first-order valence-corrected chi connectivity index (χ1v) is 4.59. The van der Waals surface area contributed by atoms with Crippen LogP contribution in [0.2, 0.25) is 0 Å². The van der Waals surface area contributed by atoms with Crippen LogP contribution in [0.3, 0.4) is 0 Å². The highest BCUT2D eigenvalue weighted by Gasteiger charge is 1.98. The van der Waals surface area contributed by atoms with Gasteiger partial charge in [0, 0.05) is 18.4 Å². The molecule has 0 aromatic carbocycles. The van der Waals surface area contributed by atoms with Crippen LogP contribution in [-0.4, -0.2) is 10.7 Å². The number of thiol groups is 1. The Balaban J connectivity index is 2.89. The van der Waals surface area contributed by atoms with E-state index in [1.165, 1.54) is 6.20 Å². The van der Waals surface area contributed by atoms with Crippen molar-refractivity contribution in [3.8, 4) is 11.8 Å². The van der Waals surface area contributed by atoms with E-state index in [0.717, 1.165) is 5.56 Å². The van der Waals surface area contributed by atoms with Gasteiger partial charge in [-0.2, -0.15) is 17.0 Å². The molecule has 0 aliphatic carbocycles. The third-order valence-electron chi connectivity index (χ3n) is 1.44. The number of hydrogen-bond acceptors (Lipinski definition) is 2. The Morgan fingerprint density at radius 1 is 1.62 bits per heavy atom. The van der Waals surface area contributed by atoms with Crippen LogP contribution in [0.25, 0.3) is 0 Å². The molecule has 0 spiro atoms. The number of aromatic nitrogens is 1. The topological polar surface area (TPSA) is 12.9 Å². The van der Waals surface area contributed by atoms with Crippen LogP contribution in [0, 0.1) is 24.7 Å².